The zero-order chi connectivity index (χ0) is 29.1. The van der Waals surface area contributed by atoms with Gasteiger partial charge in [-0.25, -0.2) is 9.37 Å². The summed E-state index contributed by atoms with van der Waals surface area (Å²) in [5.74, 6) is -1.17. The topological polar surface area (TPSA) is 113 Å². The number of aryl methyl sites for hydroxylation is 1. The van der Waals surface area contributed by atoms with Crippen molar-refractivity contribution in [2.45, 2.75) is 58.5 Å². The molecule has 1 aliphatic carbocycles. The molecule has 12 heteroatoms. The maximum absolute atomic E-state index is 15.4. The highest BCUT2D eigenvalue weighted by Crippen LogP contribution is 2.33. The van der Waals surface area contributed by atoms with Crippen LogP contribution >= 0.6 is 0 Å². The van der Waals surface area contributed by atoms with E-state index in [-0.39, 0.29) is 23.1 Å². The molecule has 0 aliphatic heterocycles. The molecule has 4 aromatic rings. The third kappa shape index (κ3) is 6.37. The first-order chi connectivity index (χ1) is 19.7. The predicted molar refractivity (Wildman–Crippen MR) is 152 cm³/mol. The van der Waals surface area contributed by atoms with Crippen LogP contribution in [-0.4, -0.2) is 66.6 Å². The third-order valence-corrected chi connectivity index (χ3v) is 7.81. The molecule has 1 aromatic carbocycles. The van der Waals surface area contributed by atoms with E-state index in [0.717, 1.165) is 54.5 Å². The lowest BCUT2D eigenvalue weighted by atomic mass is 9.86. The zero-order valence-electron chi connectivity index (χ0n) is 24.0. The number of benzene rings is 1. The fraction of sp³-hybridized carbons (Fsp3) is 0.483. The number of ether oxygens (including phenoxy) is 1. The molecule has 0 unspecified atom stereocenters. The normalized spacial score (nSPS) is 17.5. The number of hydrogen-bond acceptors (Lipinski definition) is 8. The molecule has 2 N–H and O–H groups in total. The van der Waals surface area contributed by atoms with Crippen molar-refractivity contribution < 1.29 is 13.5 Å². The summed E-state index contributed by atoms with van der Waals surface area (Å²) in [5.41, 5.74) is 8.00. The van der Waals surface area contributed by atoms with Crippen LogP contribution in [-0.2, 0) is 6.54 Å². The standard InChI is InChI=1S/C29H37F2N9O/c1-18(2)11-12-39-16-21(15-34-39)20-13-23(28(32)33-14-20)29-35-36-37-40(29)24-9-10-25(27(31)26(24)30)41-17-19-5-7-22(8-6-19)38(3)4/h9-10,13-16,18-19,22H,5-8,11-12,17H2,1-4H3,(H2,32,33). The van der Waals surface area contributed by atoms with Gasteiger partial charge in [-0.15, -0.1) is 5.10 Å². The number of aromatic nitrogens is 7. The van der Waals surface area contributed by atoms with Gasteiger partial charge >= 0.3 is 0 Å². The van der Waals surface area contributed by atoms with Gasteiger partial charge in [0.2, 0.25) is 5.82 Å². The molecule has 41 heavy (non-hydrogen) atoms. The van der Waals surface area contributed by atoms with E-state index in [2.05, 4.69) is 58.5 Å². The van der Waals surface area contributed by atoms with Crippen molar-refractivity contribution in [2.24, 2.45) is 11.8 Å². The molecule has 1 aliphatic rings. The van der Waals surface area contributed by atoms with Gasteiger partial charge in [0.05, 0.1) is 18.4 Å². The van der Waals surface area contributed by atoms with Gasteiger partial charge in [-0.2, -0.15) is 14.2 Å². The molecular formula is C29H37F2N9O. The number of halogens is 2. The second kappa shape index (κ2) is 12.3. The summed E-state index contributed by atoms with van der Waals surface area (Å²) >= 11 is 0. The highest BCUT2D eigenvalue weighted by molar-refractivity contribution is 5.76. The Kier molecular flexibility index (Phi) is 8.57. The van der Waals surface area contributed by atoms with E-state index in [9.17, 15) is 0 Å². The number of pyridine rings is 1. The minimum Gasteiger partial charge on any atom is -0.490 e. The number of rotatable bonds is 10. The summed E-state index contributed by atoms with van der Waals surface area (Å²) in [7, 11) is 4.17. The van der Waals surface area contributed by atoms with Gasteiger partial charge in [-0.3, -0.25) is 4.68 Å². The average Bonchev–Trinajstić information content (AvgIpc) is 3.63. The van der Waals surface area contributed by atoms with Crippen molar-refractivity contribution >= 4 is 5.82 Å². The highest BCUT2D eigenvalue weighted by Gasteiger charge is 2.25. The molecule has 218 valence electrons. The van der Waals surface area contributed by atoms with Gasteiger partial charge < -0.3 is 15.4 Å². The van der Waals surface area contributed by atoms with Crippen LogP contribution in [0.3, 0.4) is 0 Å². The molecule has 3 aromatic heterocycles. The van der Waals surface area contributed by atoms with Crippen molar-refractivity contribution in [3.8, 4) is 34.0 Å². The SMILES string of the molecule is CC(C)CCn1cc(-c2cnc(N)c(-c3nnnn3-c3ccc(OCC4CCC(N(C)C)CC4)c(F)c3F)c2)cn1. The number of nitrogen functional groups attached to an aromatic ring is 1. The number of hydrogen-bond donors (Lipinski definition) is 1. The number of anilines is 1. The smallest absolute Gasteiger partial charge is 0.202 e. The highest BCUT2D eigenvalue weighted by atomic mass is 19.2. The average molecular weight is 566 g/mol. The van der Waals surface area contributed by atoms with E-state index < -0.39 is 11.6 Å². The first-order valence-corrected chi connectivity index (χ1v) is 14.1. The lowest BCUT2D eigenvalue weighted by molar-refractivity contribution is 0.149. The van der Waals surface area contributed by atoms with Crippen LogP contribution < -0.4 is 10.5 Å². The van der Waals surface area contributed by atoms with E-state index in [1.54, 1.807) is 18.5 Å². The van der Waals surface area contributed by atoms with Crippen LogP contribution in [0.15, 0.2) is 36.8 Å². The monoisotopic (exact) mass is 565 g/mol. The summed E-state index contributed by atoms with van der Waals surface area (Å²) < 4.78 is 39.3. The Morgan fingerprint density at radius 1 is 1.07 bits per heavy atom. The molecule has 3 heterocycles. The minimum absolute atomic E-state index is 0.131. The van der Waals surface area contributed by atoms with Crippen molar-refractivity contribution in [2.75, 3.05) is 26.4 Å². The molecule has 5 rings (SSSR count). The molecule has 0 bridgehead atoms. The van der Waals surface area contributed by atoms with E-state index in [1.165, 1.54) is 12.1 Å². The Bertz CT molecular complexity index is 1470. The Labute approximate surface area is 238 Å². The van der Waals surface area contributed by atoms with Crippen LogP contribution in [0.1, 0.15) is 46.0 Å². The second-order valence-electron chi connectivity index (χ2n) is 11.4. The maximum atomic E-state index is 15.4. The minimum atomic E-state index is -1.11. The molecule has 1 fully saturated rings. The second-order valence-corrected chi connectivity index (χ2v) is 11.4. The van der Waals surface area contributed by atoms with E-state index in [0.29, 0.717) is 30.0 Å². The molecule has 0 spiro atoms. The summed E-state index contributed by atoms with van der Waals surface area (Å²) in [6.45, 7) is 5.47. The number of nitrogens with two attached hydrogens (primary N) is 1. The van der Waals surface area contributed by atoms with Crippen molar-refractivity contribution in [3.05, 3.63) is 48.4 Å². The van der Waals surface area contributed by atoms with Crippen molar-refractivity contribution in [1.29, 1.82) is 0 Å². The number of nitrogens with zero attached hydrogens (tertiary/aromatic N) is 8. The quantitative estimate of drug-likeness (QED) is 0.286. The van der Waals surface area contributed by atoms with Crippen molar-refractivity contribution in [1.82, 2.24) is 39.9 Å². The molecular weight excluding hydrogens is 528 g/mol. The first-order valence-electron chi connectivity index (χ1n) is 14.1. The van der Waals surface area contributed by atoms with Crippen LogP contribution in [0.4, 0.5) is 14.6 Å². The van der Waals surface area contributed by atoms with Crippen LogP contribution in [0.2, 0.25) is 0 Å². The first kappa shape index (κ1) is 28.6. The Morgan fingerprint density at radius 2 is 1.85 bits per heavy atom. The molecule has 1 saturated carbocycles. The Hall–Kier alpha value is -3.93. The fourth-order valence-electron chi connectivity index (χ4n) is 5.19. The molecule has 0 saturated heterocycles. The molecule has 10 nitrogen and oxygen atoms in total. The summed E-state index contributed by atoms with van der Waals surface area (Å²) in [4.78, 5) is 6.54. The van der Waals surface area contributed by atoms with Crippen LogP contribution in [0.25, 0.3) is 28.2 Å². The zero-order valence-corrected chi connectivity index (χ0v) is 24.0. The summed E-state index contributed by atoms with van der Waals surface area (Å²) in [6.07, 6.45) is 10.4. The van der Waals surface area contributed by atoms with E-state index in [1.807, 2.05) is 10.9 Å². The van der Waals surface area contributed by atoms with Gasteiger partial charge in [-0.05, 0) is 86.7 Å². The molecule has 0 amide bonds. The lowest BCUT2D eigenvalue weighted by Gasteiger charge is -2.32. The summed E-state index contributed by atoms with van der Waals surface area (Å²) in [6, 6.07) is 5.14. The van der Waals surface area contributed by atoms with Gasteiger partial charge in [0, 0.05) is 36.1 Å². The molecule has 0 atom stereocenters. The molecule has 0 radical (unpaired) electrons. The Morgan fingerprint density at radius 3 is 2.59 bits per heavy atom. The largest absolute Gasteiger partial charge is 0.490 e. The fourth-order valence-corrected chi connectivity index (χ4v) is 5.19. The van der Waals surface area contributed by atoms with Gasteiger partial charge in [0.1, 0.15) is 11.5 Å². The third-order valence-electron chi connectivity index (χ3n) is 7.81. The maximum Gasteiger partial charge on any atom is 0.202 e. The van der Waals surface area contributed by atoms with Gasteiger partial charge in [-0.1, -0.05) is 13.8 Å². The van der Waals surface area contributed by atoms with Gasteiger partial charge in [0.15, 0.2) is 17.4 Å². The van der Waals surface area contributed by atoms with Gasteiger partial charge in [0.25, 0.3) is 0 Å². The van der Waals surface area contributed by atoms with E-state index in [4.69, 9.17) is 10.5 Å². The number of tetrazole rings is 1. The van der Waals surface area contributed by atoms with Crippen molar-refractivity contribution in [3.63, 3.8) is 0 Å². The van der Waals surface area contributed by atoms with Crippen LogP contribution in [0, 0.1) is 23.5 Å². The predicted octanol–water partition coefficient (Wildman–Crippen LogP) is 4.99. The van der Waals surface area contributed by atoms with E-state index >= 15 is 8.78 Å². The summed E-state index contributed by atoms with van der Waals surface area (Å²) in [5, 5.41) is 16.1. The Balaban J connectivity index is 1.35. The van der Waals surface area contributed by atoms with Crippen LogP contribution in [0.5, 0.6) is 5.75 Å². The lowest BCUT2D eigenvalue weighted by Crippen LogP contribution is -2.33.